The number of hydrogen-bond donors (Lipinski definition) is 0. The highest BCUT2D eigenvalue weighted by molar-refractivity contribution is 6.99. The molecule has 0 aromatic heterocycles. The molecule has 2 nitrogen and oxygen atoms in total. The summed E-state index contributed by atoms with van der Waals surface area (Å²) in [5.41, 5.74) is 10.5. The van der Waals surface area contributed by atoms with Gasteiger partial charge in [0.1, 0.15) is 23.0 Å². The molecular formula is C52H31BO2. The number of benzene rings is 10. The van der Waals surface area contributed by atoms with E-state index < -0.39 is 0 Å². The van der Waals surface area contributed by atoms with Crippen molar-refractivity contribution in [3.63, 3.8) is 0 Å². The fourth-order valence-electron chi connectivity index (χ4n) is 9.49. The quantitative estimate of drug-likeness (QED) is 0.135. The third-order valence-electron chi connectivity index (χ3n) is 11.8. The van der Waals surface area contributed by atoms with Crippen molar-refractivity contribution in [1.82, 2.24) is 0 Å². The van der Waals surface area contributed by atoms with Crippen LogP contribution in [0.15, 0.2) is 188 Å². The van der Waals surface area contributed by atoms with Crippen molar-refractivity contribution >= 4 is 66.2 Å². The highest BCUT2D eigenvalue weighted by Crippen LogP contribution is 2.49. The molecule has 0 amide bonds. The van der Waals surface area contributed by atoms with Gasteiger partial charge in [-0.2, -0.15) is 0 Å². The molecule has 0 radical (unpaired) electrons. The van der Waals surface area contributed by atoms with Crippen LogP contribution in [-0.2, 0) is 0 Å². The minimum atomic E-state index is -0.0767. The van der Waals surface area contributed by atoms with Gasteiger partial charge >= 0.3 is 0 Å². The highest BCUT2D eigenvalue weighted by atomic mass is 16.5. The zero-order valence-corrected chi connectivity index (χ0v) is 29.8. The van der Waals surface area contributed by atoms with Crippen molar-refractivity contribution in [2.24, 2.45) is 0 Å². The van der Waals surface area contributed by atoms with Gasteiger partial charge in [-0.25, -0.2) is 0 Å². The second-order valence-corrected chi connectivity index (χ2v) is 14.7. The number of fused-ring (bicyclic) bond motifs is 10. The van der Waals surface area contributed by atoms with Crippen molar-refractivity contribution in [1.29, 1.82) is 0 Å². The van der Waals surface area contributed by atoms with E-state index in [4.69, 9.17) is 9.47 Å². The predicted octanol–water partition coefficient (Wildman–Crippen LogP) is 12.0. The van der Waals surface area contributed by atoms with Gasteiger partial charge in [0, 0.05) is 16.4 Å². The number of hydrogen-bond acceptors (Lipinski definition) is 2. The Bertz CT molecular complexity index is 3160. The molecule has 0 atom stereocenters. The van der Waals surface area contributed by atoms with E-state index in [9.17, 15) is 0 Å². The molecule has 0 fully saturated rings. The highest BCUT2D eigenvalue weighted by Gasteiger charge is 2.43. The molecule has 0 saturated heterocycles. The molecule has 12 rings (SSSR count). The van der Waals surface area contributed by atoms with Crippen molar-refractivity contribution in [2.75, 3.05) is 0 Å². The van der Waals surface area contributed by atoms with Crippen LogP contribution in [0.1, 0.15) is 0 Å². The minimum absolute atomic E-state index is 0.0767. The van der Waals surface area contributed by atoms with Crippen molar-refractivity contribution in [3.8, 4) is 56.4 Å². The second-order valence-electron chi connectivity index (χ2n) is 14.7. The maximum Gasteiger partial charge on any atom is 0.261 e. The standard InChI is InChI=1S/C52H31BO2/c1-2-16-33(17-3-1)47-39-23-10-12-25-41(39)48(42-26-13-11-24-40(42)47)38-22-9-8-21-37(38)43-27-14-28-44-51(43)55-52-36-20-7-5-18-34(36)31-46-50(52)53(44)49-35-19-6-4-15-32(35)29-30-45(49)54-46/h1-31H. The molecule has 55 heavy (non-hydrogen) atoms. The van der Waals surface area contributed by atoms with Crippen LogP contribution in [-0.4, -0.2) is 6.71 Å². The first kappa shape index (κ1) is 30.4. The van der Waals surface area contributed by atoms with Crippen LogP contribution in [0.25, 0.3) is 76.5 Å². The molecule has 0 unspecified atom stereocenters. The van der Waals surface area contributed by atoms with Crippen LogP contribution in [0.3, 0.4) is 0 Å². The summed E-state index contributed by atoms with van der Waals surface area (Å²) in [7, 11) is 0. The summed E-state index contributed by atoms with van der Waals surface area (Å²) in [4.78, 5) is 0. The lowest BCUT2D eigenvalue weighted by Gasteiger charge is -2.35. The summed E-state index contributed by atoms with van der Waals surface area (Å²) in [5, 5.41) is 9.50. The molecule has 0 aliphatic carbocycles. The Kier molecular flexibility index (Phi) is 6.46. The molecule has 0 N–H and O–H groups in total. The third-order valence-corrected chi connectivity index (χ3v) is 11.8. The summed E-state index contributed by atoms with van der Waals surface area (Å²) < 4.78 is 14.1. The van der Waals surface area contributed by atoms with E-state index in [0.29, 0.717) is 0 Å². The van der Waals surface area contributed by atoms with Crippen LogP contribution in [0.2, 0.25) is 0 Å². The monoisotopic (exact) mass is 698 g/mol. The summed E-state index contributed by atoms with van der Waals surface area (Å²) in [6.07, 6.45) is 0. The molecule has 0 spiro atoms. The lowest BCUT2D eigenvalue weighted by molar-refractivity contribution is 0.469. The zero-order chi connectivity index (χ0) is 36.0. The van der Waals surface area contributed by atoms with E-state index in [2.05, 4.69) is 188 Å². The summed E-state index contributed by atoms with van der Waals surface area (Å²) >= 11 is 0. The lowest BCUT2D eigenvalue weighted by Crippen LogP contribution is -2.57. The topological polar surface area (TPSA) is 18.5 Å². The Labute approximate surface area is 318 Å². The average Bonchev–Trinajstić information content (AvgIpc) is 3.25. The van der Waals surface area contributed by atoms with Crippen molar-refractivity contribution < 1.29 is 9.47 Å². The Morgan fingerprint density at radius 1 is 0.327 bits per heavy atom. The SMILES string of the molecule is c1ccc(-c2c3ccccc3c(-c3ccccc3-c3cccc4c3Oc3c5c(cc6ccccc36)Oc3ccc6ccccc6c3B45)c3ccccc23)cc1. The van der Waals surface area contributed by atoms with E-state index in [1.165, 1.54) is 60.0 Å². The van der Waals surface area contributed by atoms with E-state index in [1.807, 2.05) is 0 Å². The predicted molar refractivity (Wildman–Crippen MR) is 230 cm³/mol. The number of para-hydroxylation sites is 1. The third kappa shape index (κ3) is 4.38. The molecule has 2 aliphatic heterocycles. The largest absolute Gasteiger partial charge is 0.458 e. The van der Waals surface area contributed by atoms with Gasteiger partial charge in [-0.05, 0) is 88.6 Å². The van der Waals surface area contributed by atoms with Gasteiger partial charge in [0.15, 0.2) is 0 Å². The van der Waals surface area contributed by atoms with Crippen LogP contribution >= 0.6 is 0 Å². The van der Waals surface area contributed by atoms with Crippen LogP contribution < -0.4 is 25.9 Å². The maximum atomic E-state index is 7.31. The zero-order valence-electron chi connectivity index (χ0n) is 29.8. The van der Waals surface area contributed by atoms with E-state index in [-0.39, 0.29) is 6.71 Å². The number of rotatable bonds is 3. The van der Waals surface area contributed by atoms with E-state index in [1.54, 1.807) is 0 Å². The first-order valence-corrected chi connectivity index (χ1v) is 19.0. The fraction of sp³-hybridized carbons (Fsp3) is 0. The van der Waals surface area contributed by atoms with Gasteiger partial charge in [0.25, 0.3) is 6.71 Å². The first-order chi connectivity index (χ1) is 27.3. The summed E-state index contributed by atoms with van der Waals surface area (Å²) in [6.45, 7) is -0.0767. The van der Waals surface area contributed by atoms with Crippen LogP contribution in [0.5, 0.6) is 23.0 Å². The smallest absolute Gasteiger partial charge is 0.261 e. The van der Waals surface area contributed by atoms with E-state index in [0.717, 1.165) is 55.8 Å². The molecule has 0 saturated carbocycles. The summed E-state index contributed by atoms with van der Waals surface area (Å²) in [5.74, 6) is 3.52. The van der Waals surface area contributed by atoms with Crippen LogP contribution in [0.4, 0.5) is 0 Å². The summed E-state index contributed by atoms with van der Waals surface area (Å²) in [6, 6.07) is 67.8. The minimum Gasteiger partial charge on any atom is -0.458 e. The normalized spacial score (nSPS) is 12.6. The molecular weight excluding hydrogens is 667 g/mol. The molecule has 2 heterocycles. The van der Waals surface area contributed by atoms with Crippen LogP contribution in [0, 0.1) is 0 Å². The lowest BCUT2D eigenvalue weighted by atomic mass is 9.34. The molecule has 254 valence electrons. The second kappa shape index (κ2) is 11.7. The van der Waals surface area contributed by atoms with Crippen molar-refractivity contribution in [3.05, 3.63) is 188 Å². The molecule has 10 aromatic carbocycles. The number of ether oxygens (including phenoxy) is 2. The van der Waals surface area contributed by atoms with Gasteiger partial charge in [0.05, 0.1) is 0 Å². The molecule has 0 bridgehead atoms. The van der Waals surface area contributed by atoms with Gasteiger partial charge in [0.2, 0.25) is 0 Å². The average molecular weight is 699 g/mol. The molecule has 3 heteroatoms. The molecule has 2 aliphatic rings. The van der Waals surface area contributed by atoms with Crippen molar-refractivity contribution in [2.45, 2.75) is 0 Å². The first-order valence-electron chi connectivity index (χ1n) is 19.0. The fourth-order valence-corrected chi connectivity index (χ4v) is 9.49. The van der Waals surface area contributed by atoms with Gasteiger partial charge < -0.3 is 9.47 Å². The van der Waals surface area contributed by atoms with Gasteiger partial charge in [-0.15, -0.1) is 0 Å². The van der Waals surface area contributed by atoms with Gasteiger partial charge in [-0.1, -0.05) is 176 Å². The van der Waals surface area contributed by atoms with E-state index >= 15 is 0 Å². The maximum absolute atomic E-state index is 7.31. The Morgan fingerprint density at radius 2 is 0.909 bits per heavy atom. The Hall–Kier alpha value is -7.10. The molecule has 10 aromatic rings. The van der Waals surface area contributed by atoms with Gasteiger partial charge in [-0.3, -0.25) is 0 Å². The Balaban J connectivity index is 1.16. The Morgan fingerprint density at radius 3 is 1.65 bits per heavy atom.